The lowest BCUT2D eigenvalue weighted by Gasteiger charge is -2.34. The average molecular weight is 438 g/mol. The number of nitrogens with zero attached hydrogens (tertiary/aromatic N) is 4. The highest BCUT2D eigenvalue weighted by molar-refractivity contribution is 7.87. The number of rotatable bonds is 6. The van der Waals surface area contributed by atoms with Crippen molar-refractivity contribution < 1.29 is 18.3 Å². The van der Waals surface area contributed by atoms with Gasteiger partial charge in [0.05, 0.1) is 0 Å². The van der Waals surface area contributed by atoms with Gasteiger partial charge in [-0.2, -0.15) is 17.4 Å². The van der Waals surface area contributed by atoms with Crippen LogP contribution in [0.5, 0.6) is 0 Å². The Morgan fingerprint density at radius 1 is 1.21 bits per heavy atom. The predicted octanol–water partition coefficient (Wildman–Crippen LogP) is 1.06. The normalized spacial score (nSPS) is 27.7. The fraction of sp³-hybridized carbons (Fsp3) is 0.500. The summed E-state index contributed by atoms with van der Waals surface area (Å²) in [6, 6.07) is 9.18. The molecule has 1 saturated heterocycles. The summed E-state index contributed by atoms with van der Waals surface area (Å²) in [6.07, 6.45) is 0. The Hall–Kier alpha value is -2.08. The molecule has 0 amide bonds. The molecule has 2 fully saturated rings. The van der Waals surface area contributed by atoms with Gasteiger partial charge in [0.1, 0.15) is 10.5 Å². The van der Waals surface area contributed by atoms with E-state index in [1.54, 1.807) is 6.92 Å². The van der Waals surface area contributed by atoms with Crippen LogP contribution in [-0.2, 0) is 15.0 Å². The monoisotopic (exact) mass is 437 g/mol. The maximum Gasteiger partial charge on any atom is 0.325 e. The number of aromatic nitrogens is 2. The van der Waals surface area contributed by atoms with Crippen LogP contribution in [0.3, 0.4) is 0 Å². The van der Waals surface area contributed by atoms with Crippen LogP contribution in [0.4, 0.5) is 5.13 Å². The van der Waals surface area contributed by atoms with Crippen molar-refractivity contribution in [2.24, 2.45) is 5.92 Å². The second kappa shape index (κ2) is 7.31. The van der Waals surface area contributed by atoms with E-state index in [0.717, 1.165) is 15.7 Å². The first kappa shape index (κ1) is 20.2. The SMILES string of the molecule is Cc1nnc(N2CCN(S(=O)(=O)N[C@@]3(C(=O)O)C(C)[C@H]3c3ccccc3)CC2)s1. The predicted molar refractivity (Wildman–Crippen MR) is 109 cm³/mol. The van der Waals surface area contributed by atoms with Gasteiger partial charge in [-0.1, -0.05) is 48.6 Å². The number of hydrogen-bond acceptors (Lipinski definition) is 7. The number of hydrogen-bond donors (Lipinski definition) is 2. The number of aryl methyl sites for hydroxylation is 1. The third-order valence-corrected chi connectivity index (χ3v) is 8.31. The molecule has 1 aromatic heterocycles. The van der Waals surface area contributed by atoms with Gasteiger partial charge < -0.3 is 10.0 Å². The third-order valence-electron chi connectivity index (χ3n) is 5.77. The number of carbonyl (C=O) groups is 1. The van der Waals surface area contributed by atoms with Gasteiger partial charge in [0, 0.05) is 32.1 Å². The number of benzene rings is 1. The van der Waals surface area contributed by atoms with Gasteiger partial charge in [-0.05, 0) is 18.4 Å². The van der Waals surface area contributed by atoms with Crippen LogP contribution in [0.25, 0.3) is 0 Å². The first-order chi connectivity index (χ1) is 13.8. The maximum atomic E-state index is 13.0. The highest BCUT2D eigenvalue weighted by atomic mass is 32.2. The number of carboxylic acids is 1. The van der Waals surface area contributed by atoms with Crippen LogP contribution in [0.2, 0.25) is 0 Å². The molecular weight excluding hydrogens is 414 g/mol. The van der Waals surface area contributed by atoms with Crippen molar-refractivity contribution in [3.8, 4) is 0 Å². The average Bonchev–Trinajstić information content (AvgIpc) is 3.05. The number of piperazine rings is 1. The topological polar surface area (TPSA) is 116 Å². The van der Waals surface area contributed by atoms with Crippen molar-refractivity contribution in [1.82, 2.24) is 19.2 Å². The van der Waals surface area contributed by atoms with E-state index in [9.17, 15) is 18.3 Å². The molecule has 2 N–H and O–H groups in total. The largest absolute Gasteiger partial charge is 0.480 e. The molecular formula is C18H23N5O4S2. The van der Waals surface area contributed by atoms with Crippen LogP contribution in [0, 0.1) is 12.8 Å². The molecule has 9 nitrogen and oxygen atoms in total. The first-order valence-corrected chi connectivity index (χ1v) is 11.6. The fourth-order valence-corrected chi connectivity index (χ4v) is 6.45. The van der Waals surface area contributed by atoms with Crippen LogP contribution in [-0.4, -0.2) is 65.7 Å². The van der Waals surface area contributed by atoms with E-state index >= 15 is 0 Å². The number of nitrogens with one attached hydrogen (secondary N) is 1. The van der Waals surface area contributed by atoms with E-state index in [2.05, 4.69) is 14.9 Å². The molecule has 1 unspecified atom stereocenters. The lowest BCUT2D eigenvalue weighted by molar-refractivity contribution is -0.140. The molecule has 0 spiro atoms. The van der Waals surface area contributed by atoms with Gasteiger partial charge in [-0.15, -0.1) is 10.2 Å². The van der Waals surface area contributed by atoms with Crippen LogP contribution in [0.1, 0.15) is 23.4 Å². The minimum absolute atomic E-state index is 0.258. The van der Waals surface area contributed by atoms with Gasteiger partial charge in [-0.25, -0.2) is 0 Å². The second-order valence-corrected chi connectivity index (χ2v) is 10.3. The Balaban J connectivity index is 1.48. The summed E-state index contributed by atoms with van der Waals surface area (Å²) in [4.78, 5) is 14.1. The van der Waals surface area contributed by atoms with Crippen molar-refractivity contribution in [1.29, 1.82) is 0 Å². The summed E-state index contributed by atoms with van der Waals surface area (Å²) in [6.45, 7) is 5.11. The van der Waals surface area contributed by atoms with Gasteiger partial charge in [-0.3, -0.25) is 4.79 Å². The molecule has 29 heavy (non-hydrogen) atoms. The maximum absolute atomic E-state index is 13.0. The molecule has 11 heteroatoms. The lowest BCUT2D eigenvalue weighted by Crippen LogP contribution is -2.56. The number of carboxylic acid groups (broad SMARTS) is 1. The Morgan fingerprint density at radius 3 is 2.41 bits per heavy atom. The highest BCUT2D eigenvalue weighted by Gasteiger charge is 2.70. The Labute approximate surface area is 173 Å². The highest BCUT2D eigenvalue weighted by Crippen LogP contribution is 2.57. The first-order valence-electron chi connectivity index (χ1n) is 9.38. The molecule has 1 aliphatic heterocycles. The van der Waals surface area contributed by atoms with E-state index in [4.69, 9.17) is 0 Å². The zero-order chi connectivity index (χ0) is 20.8. The molecule has 2 aromatic rings. The lowest BCUT2D eigenvalue weighted by atomic mass is 10.1. The Morgan fingerprint density at radius 2 is 1.86 bits per heavy atom. The van der Waals surface area contributed by atoms with Crippen LogP contribution < -0.4 is 9.62 Å². The van der Waals surface area contributed by atoms with E-state index in [0.29, 0.717) is 13.1 Å². The Kier molecular flexibility index (Phi) is 5.09. The molecule has 2 aliphatic rings. The van der Waals surface area contributed by atoms with Crippen molar-refractivity contribution in [3.05, 3.63) is 40.9 Å². The summed E-state index contributed by atoms with van der Waals surface area (Å²) < 4.78 is 29.9. The van der Waals surface area contributed by atoms with Crippen LogP contribution >= 0.6 is 11.3 Å². The summed E-state index contributed by atoms with van der Waals surface area (Å²) in [7, 11) is -3.95. The fourth-order valence-electron chi connectivity index (χ4n) is 4.11. The van der Waals surface area contributed by atoms with E-state index in [1.807, 2.05) is 42.2 Å². The third kappa shape index (κ3) is 3.52. The smallest absolute Gasteiger partial charge is 0.325 e. The van der Waals surface area contributed by atoms with Gasteiger partial charge in [0.2, 0.25) is 5.13 Å². The zero-order valence-electron chi connectivity index (χ0n) is 16.1. The number of aliphatic carboxylic acids is 1. The summed E-state index contributed by atoms with van der Waals surface area (Å²) in [5.74, 6) is -1.89. The molecule has 1 saturated carbocycles. The minimum Gasteiger partial charge on any atom is -0.480 e. The van der Waals surface area contributed by atoms with Crippen molar-refractivity contribution in [2.45, 2.75) is 25.3 Å². The summed E-state index contributed by atoms with van der Waals surface area (Å²) >= 11 is 1.47. The van der Waals surface area contributed by atoms with Crippen molar-refractivity contribution in [3.63, 3.8) is 0 Å². The number of anilines is 1. The molecule has 3 atom stereocenters. The van der Waals surface area contributed by atoms with E-state index in [1.165, 1.54) is 15.6 Å². The summed E-state index contributed by atoms with van der Waals surface area (Å²) in [5.41, 5.74) is -0.699. The second-order valence-electron chi connectivity index (χ2n) is 7.45. The van der Waals surface area contributed by atoms with E-state index in [-0.39, 0.29) is 19.0 Å². The minimum atomic E-state index is -3.95. The zero-order valence-corrected chi connectivity index (χ0v) is 17.8. The molecule has 0 bridgehead atoms. The molecule has 156 valence electrons. The molecule has 1 aromatic carbocycles. The van der Waals surface area contributed by atoms with E-state index < -0.39 is 27.6 Å². The van der Waals surface area contributed by atoms with Crippen molar-refractivity contribution in [2.75, 3.05) is 31.1 Å². The van der Waals surface area contributed by atoms with Gasteiger partial charge >= 0.3 is 5.97 Å². The molecule has 2 heterocycles. The molecule has 0 radical (unpaired) electrons. The standard InChI is InChI=1S/C18H23N5O4S2/c1-12-15(14-6-4-3-5-7-14)18(12,16(24)25)21-29(26,27)23-10-8-22(9-11-23)17-20-19-13(2)28-17/h3-7,12,15,21H,8-11H2,1-2H3,(H,24,25)/t12?,15-,18-/m0/s1. The Bertz CT molecular complexity index is 1000. The van der Waals surface area contributed by atoms with Gasteiger partial charge in [0.25, 0.3) is 10.2 Å². The van der Waals surface area contributed by atoms with Crippen molar-refractivity contribution >= 4 is 32.6 Å². The van der Waals surface area contributed by atoms with Crippen LogP contribution in [0.15, 0.2) is 30.3 Å². The molecule has 1 aliphatic carbocycles. The quantitative estimate of drug-likeness (QED) is 0.694. The summed E-state index contributed by atoms with van der Waals surface area (Å²) in [5, 5.41) is 19.6. The molecule has 4 rings (SSSR count). The van der Waals surface area contributed by atoms with Gasteiger partial charge in [0.15, 0.2) is 0 Å².